The maximum Gasteiger partial charge on any atom is 0.268 e. The van der Waals surface area contributed by atoms with E-state index in [1.54, 1.807) is 0 Å². The Labute approximate surface area is 116 Å². The van der Waals surface area contributed by atoms with E-state index in [-0.39, 0.29) is 10.4 Å². The van der Waals surface area contributed by atoms with E-state index in [4.69, 9.17) is 0 Å². The van der Waals surface area contributed by atoms with Crippen molar-refractivity contribution >= 4 is 31.6 Å². The number of hydrogen-bond acceptors (Lipinski definition) is 5. The number of aromatic nitrogens is 1. The van der Waals surface area contributed by atoms with Crippen molar-refractivity contribution in [1.82, 2.24) is 15.0 Å². The molecule has 102 valence electrons. The van der Waals surface area contributed by atoms with Gasteiger partial charge in [0, 0.05) is 6.04 Å². The van der Waals surface area contributed by atoms with Gasteiger partial charge in [-0.3, -0.25) is 0 Å². The Morgan fingerprint density at radius 2 is 2.00 bits per heavy atom. The molecule has 19 heavy (non-hydrogen) atoms. The van der Waals surface area contributed by atoms with E-state index in [0.717, 1.165) is 36.1 Å². The molecule has 1 aromatic carbocycles. The van der Waals surface area contributed by atoms with Gasteiger partial charge in [0.15, 0.2) is 0 Å². The average Bonchev–Trinajstić information content (AvgIpc) is 2.84. The molecule has 0 saturated carbocycles. The van der Waals surface area contributed by atoms with Gasteiger partial charge in [-0.05, 0) is 38.1 Å². The number of thiazole rings is 1. The molecule has 0 bridgehead atoms. The lowest BCUT2D eigenvalue weighted by atomic mass is 10.1. The van der Waals surface area contributed by atoms with Crippen LogP contribution < -0.4 is 10.0 Å². The van der Waals surface area contributed by atoms with Gasteiger partial charge in [0.2, 0.25) is 4.34 Å². The summed E-state index contributed by atoms with van der Waals surface area (Å²) < 4.78 is 28.4. The van der Waals surface area contributed by atoms with Crippen molar-refractivity contribution in [3.05, 3.63) is 24.3 Å². The van der Waals surface area contributed by atoms with Gasteiger partial charge in [-0.15, -0.1) is 11.3 Å². The highest BCUT2D eigenvalue weighted by molar-refractivity contribution is 7.91. The third kappa shape index (κ3) is 2.79. The molecule has 2 heterocycles. The van der Waals surface area contributed by atoms with Gasteiger partial charge >= 0.3 is 0 Å². The monoisotopic (exact) mass is 297 g/mol. The van der Waals surface area contributed by atoms with E-state index < -0.39 is 10.0 Å². The second kappa shape index (κ2) is 5.16. The summed E-state index contributed by atoms with van der Waals surface area (Å²) in [4.78, 5) is 4.20. The van der Waals surface area contributed by atoms with Crippen molar-refractivity contribution in [3.8, 4) is 0 Å². The zero-order chi connectivity index (χ0) is 13.3. The molecule has 2 N–H and O–H groups in total. The van der Waals surface area contributed by atoms with Crippen molar-refractivity contribution in [2.45, 2.75) is 23.2 Å². The van der Waals surface area contributed by atoms with Crippen LogP contribution in [0.2, 0.25) is 0 Å². The molecule has 2 aromatic rings. The van der Waals surface area contributed by atoms with E-state index >= 15 is 0 Å². The summed E-state index contributed by atoms with van der Waals surface area (Å²) >= 11 is 1.22. The number of hydrogen-bond donors (Lipinski definition) is 2. The zero-order valence-corrected chi connectivity index (χ0v) is 11.9. The van der Waals surface area contributed by atoms with Gasteiger partial charge in [0.05, 0.1) is 10.2 Å². The number of nitrogens with zero attached hydrogens (tertiary/aromatic N) is 1. The van der Waals surface area contributed by atoms with Crippen LogP contribution in [0.5, 0.6) is 0 Å². The average molecular weight is 297 g/mol. The van der Waals surface area contributed by atoms with Crippen LogP contribution in [0.1, 0.15) is 12.8 Å². The molecule has 3 rings (SSSR count). The number of nitrogens with one attached hydrogen (secondary N) is 2. The smallest absolute Gasteiger partial charge is 0.268 e. The van der Waals surface area contributed by atoms with Crippen molar-refractivity contribution in [2.24, 2.45) is 0 Å². The van der Waals surface area contributed by atoms with E-state index in [1.807, 2.05) is 24.3 Å². The molecule has 0 aliphatic carbocycles. The molecular weight excluding hydrogens is 282 g/mol. The predicted molar refractivity (Wildman–Crippen MR) is 75.8 cm³/mol. The molecule has 0 atom stereocenters. The largest absolute Gasteiger partial charge is 0.317 e. The number of benzene rings is 1. The van der Waals surface area contributed by atoms with Crippen LogP contribution in [-0.4, -0.2) is 32.5 Å². The molecule has 0 amide bonds. The number of sulfonamides is 1. The Morgan fingerprint density at radius 3 is 2.74 bits per heavy atom. The molecule has 1 aromatic heterocycles. The summed E-state index contributed by atoms with van der Waals surface area (Å²) in [6, 6.07) is 7.47. The molecule has 5 nitrogen and oxygen atoms in total. The minimum absolute atomic E-state index is 0.0123. The molecule has 0 spiro atoms. The van der Waals surface area contributed by atoms with E-state index in [1.165, 1.54) is 11.3 Å². The Balaban J connectivity index is 1.86. The van der Waals surface area contributed by atoms with Crippen molar-refractivity contribution in [3.63, 3.8) is 0 Å². The van der Waals surface area contributed by atoms with Gasteiger partial charge in [0.1, 0.15) is 0 Å². The summed E-state index contributed by atoms with van der Waals surface area (Å²) in [6.45, 7) is 1.71. The van der Waals surface area contributed by atoms with Crippen molar-refractivity contribution < 1.29 is 8.42 Å². The maximum absolute atomic E-state index is 12.3. The van der Waals surface area contributed by atoms with Gasteiger partial charge < -0.3 is 5.32 Å². The lowest BCUT2D eigenvalue weighted by Gasteiger charge is -2.22. The van der Waals surface area contributed by atoms with Crippen LogP contribution in [0.25, 0.3) is 10.2 Å². The van der Waals surface area contributed by atoms with Gasteiger partial charge in [-0.1, -0.05) is 12.1 Å². The summed E-state index contributed by atoms with van der Waals surface area (Å²) in [5.74, 6) is 0. The first-order valence-corrected chi connectivity index (χ1v) is 8.54. The molecule has 1 aliphatic rings. The van der Waals surface area contributed by atoms with Crippen molar-refractivity contribution in [1.29, 1.82) is 0 Å². The van der Waals surface area contributed by atoms with Crippen LogP contribution >= 0.6 is 11.3 Å². The molecule has 1 saturated heterocycles. The number of para-hydroxylation sites is 1. The van der Waals surface area contributed by atoms with Gasteiger partial charge in [0.25, 0.3) is 10.0 Å². The first kappa shape index (κ1) is 13.0. The molecule has 0 unspecified atom stereocenters. The van der Waals surface area contributed by atoms with Crippen LogP contribution in [-0.2, 0) is 10.0 Å². The predicted octanol–water partition coefficient (Wildman–Crippen LogP) is 1.33. The van der Waals surface area contributed by atoms with Crippen LogP contribution in [0, 0.1) is 0 Å². The Hall–Kier alpha value is -1.02. The van der Waals surface area contributed by atoms with E-state index in [0.29, 0.717) is 0 Å². The normalized spacial score (nSPS) is 17.9. The van der Waals surface area contributed by atoms with E-state index in [9.17, 15) is 8.42 Å². The van der Waals surface area contributed by atoms with Crippen LogP contribution in [0.3, 0.4) is 0 Å². The first-order valence-electron chi connectivity index (χ1n) is 6.24. The fourth-order valence-electron chi connectivity index (χ4n) is 2.18. The minimum Gasteiger partial charge on any atom is -0.317 e. The Kier molecular flexibility index (Phi) is 3.53. The maximum atomic E-state index is 12.3. The molecule has 1 aliphatic heterocycles. The summed E-state index contributed by atoms with van der Waals surface area (Å²) in [5, 5.41) is 3.21. The second-order valence-electron chi connectivity index (χ2n) is 4.59. The Bertz CT molecular complexity index is 642. The van der Waals surface area contributed by atoms with Crippen molar-refractivity contribution in [2.75, 3.05) is 13.1 Å². The van der Waals surface area contributed by atoms with Crippen LogP contribution in [0.4, 0.5) is 0 Å². The third-order valence-electron chi connectivity index (χ3n) is 3.17. The lowest BCUT2D eigenvalue weighted by molar-refractivity contribution is 0.427. The quantitative estimate of drug-likeness (QED) is 0.896. The molecular formula is C12H15N3O2S2. The lowest BCUT2D eigenvalue weighted by Crippen LogP contribution is -2.42. The van der Waals surface area contributed by atoms with Gasteiger partial charge in [-0.25, -0.2) is 18.1 Å². The Morgan fingerprint density at radius 1 is 1.26 bits per heavy atom. The standard InChI is InChI=1S/C12H15N3O2S2/c16-19(17,15-9-5-7-13-8-6-9)12-14-10-3-1-2-4-11(10)18-12/h1-4,9,13,15H,5-8H2. The summed E-state index contributed by atoms with van der Waals surface area (Å²) in [6.07, 6.45) is 1.65. The molecule has 0 radical (unpaired) electrons. The first-order chi connectivity index (χ1) is 9.15. The summed E-state index contributed by atoms with van der Waals surface area (Å²) in [5.41, 5.74) is 0.734. The number of rotatable bonds is 3. The summed E-state index contributed by atoms with van der Waals surface area (Å²) in [7, 11) is -3.49. The van der Waals surface area contributed by atoms with Crippen LogP contribution in [0.15, 0.2) is 28.6 Å². The van der Waals surface area contributed by atoms with Gasteiger partial charge in [-0.2, -0.15) is 0 Å². The zero-order valence-electron chi connectivity index (χ0n) is 10.3. The minimum atomic E-state index is -3.49. The number of piperidine rings is 1. The number of fused-ring (bicyclic) bond motifs is 1. The topological polar surface area (TPSA) is 71.1 Å². The molecule has 1 fully saturated rings. The SMILES string of the molecule is O=S(=O)(NC1CCNCC1)c1nc2ccccc2s1. The van der Waals surface area contributed by atoms with E-state index in [2.05, 4.69) is 15.0 Å². The fourth-order valence-corrected chi connectivity index (χ4v) is 4.72. The highest BCUT2D eigenvalue weighted by Gasteiger charge is 2.24. The second-order valence-corrected chi connectivity index (χ2v) is 7.51. The highest BCUT2D eigenvalue weighted by atomic mass is 32.2. The third-order valence-corrected chi connectivity index (χ3v) is 6.10. The molecule has 7 heteroatoms. The fraction of sp³-hybridized carbons (Fsp3) is 0.417. The highest BCUT2D eigenvalue weighted by Crippen LogP contribution is 2.25.